The summed E-state index contributed by atoms with van der Waals surface area (Å²) in [4.78, 5) is 20.5. The molecule has 0 bridgehead atoms. The molecule has 1 amide bonds. The van der Waals surface area contributed by atoms with E-state index in [1.165, 1.54) is 0 Å². The van der Waals surface area contributed by atoms with Crippen LogP contribution in [-0.4, -0.2) is 59.5 Å². The molecule has 0 aromatic heterocycles. The van der Waals surface area contributed by atoms with Crippen LogP contribution < -0.4 is 10.6 Å². The monoisotopic (exact) mass is 234 g/mol. The van der Waals surface area contributed by atoms with Gasteiger partial charge >= 0.3 is 5.97 Å². The minimum atomic E-state index is -0.944. The lowest BCUT2D eigenvalue weighted by molar-refractivity contribution is -0.140. The van der Waals surface area contributed by atoms with E-state index in [9.17, 15) is 9.59 Å². The van der Waals surface area contributed by atoms with E-state index in [1.807, 2.05) is 0 Å². The third-order valence-corrected chi connectivity index (χ3v) is 1.87. The van der Waals surface area contributed by atoms with Crippen molar-refractivity contribution in [1.82, 2.24) is 10.6 Å². The number of aliphatic hydroxyl groups excluding tert-OH is 2. The molecular formula is C9H18N2O5. The maximum absolute atomic E-state index is 10.4. The fourth-order valence-electron chi connectivity index (χ4n) is 1.08. The lowest BCUT2D eigenvalue weighted by Gasteiger charge is -1.99. The van der Waals surface area contributed by atoms with Gasteiger partial charge in [-0.15, -0.1) is 0 Å². The predicted octanol–water partition coefficient (Wildman–Crippen LogP) is -2.09. The molecule has 1 fully saturated rings. The quantitative estimate of drug-likeness (QED) is 0.348. The number of hydrogen-bond acceptors (Lipinski definition) is 5. The molecular weight excluding hydrogens is 216 g/mol. The first-order valence-electron chi connectivity index (χ1n) is 5.06. The van der Waals surface area contributed by atoms with Gasteiger partial charge in [0.25, 0.3) is 0 Å². The van der Waals surface area contributed by atoms with Crippen LogP contribution in [0.1, 0.15) is 12.8 Å². The highest BCUT2D eigenvalue weighted by atomic mass is 16.4. The van der Waals surface area contributed by atoms with Gasteiger partial charge in [-0.25, -0.2) is 4.79 Å². The van der Waals surface area contributed by atoms with Crippen LogP contribution in [0, 0.1) is 0 Å². The molecule has 1 saturated heterocycles. The first-order valence-corrected chi connectivity index (χ1v) is 5.06. The summed E-state index contributed by atoms with van der Waals surface area (Å²) in [6.45, 7) is 1.42. The molecule has 0 radical (unpaired) electrons. The standard InChI is InChI=1S/C5H7NO3.C4H11NO2/c7-4-2-1-3(6-4)5(8)9;6-3-1-5-2-4-7/h3H,1-2H2,(H,6,7)(H,8,9);5-7H,1-4H2/t3-;/m0./s1. The van der Waals surface area contributed by atoms with Crippen molar-refractivity contribution >= 4 is 11.9 Å². The van der Waals surface area contributed by atoms with E-state index >= 15 is 0 Å². The Kier molecular flexibility index (Phi) is 8.41. The van der Waals surface area contributed by atoms with E-state index in [-0.39, 0.29) is 19.1 Å². The van der Waals surface area contributed by atoms with E-state index in [4.69, 9.17) is 15.3 Å². The predicted molar refractivity (Wildman–Crippen MR) is 55.8 cm³/mol. The van der Waals surface area contributed by atoms with Gasteiger partial charge in [0.2, 0.25) is 5.91 Å². The molecule has 0 aliphatic carbocycles. The van der Waals surface area contributed by atoms with Crippen molar-refractivity contribution < 1.29 is 24.9 Å². The second-order valence-corrected chi connectivity index (χ2v) is 3.19. The van der Waals surface area contributed by atoms with Gasteiger partial charge in [-0.2, -0.15) is 0 Å². The highest BCUT2D eigenvalue weighted by Crippen LogP contribution is 2.05. The molecule has 1 heterocycles. The van der Waals surface area contributed by atoms with Crippen LogP contribution in [0.15, 0.2) is 0 Å². The topological polar surface area (TPSA) is 119 Å². The summed E-state index contributed by atoms with van der Waals surface area (Å²) in [7, 11) is 0. The minimum absolute atomic E-state index is 0.139. The van der Waals surface area contributed by atoms with Crippen LogP contribution in [0.25, 0.3) is 0 Å². The number of nitrogens with one attached hydrogen (secondary N) is 2. The number of carbonyl (C=O) groups is 2. The number of amides is 1. The Balaban J connectivity index is 0.000000293. The molecule has 1 rings (SSSR count). The highest BCUT2D eigenvalue weighted by molar-refractivity contribution is 5.87. The molecule has 5 N–H and O–H groups in total. The molecule has 0 unspecified atom stereocenters. The Morgan fingerprint density at radius 3 is 2.19 bits per heavy atom. The summed E-state index contributed by atoms with van der Waals surface area (Å²) in [6, 6.07) is -0.641. The van der Waals surface area contributed by atoms with Crippen molar-refractivity contribution in [1.29, 1.82) is 0 Å². The van der Waals surface area contributed by atoms with Crippen molar-refractivity contribution in [3.8, 4) is 0 Å². The Morgan fingerprint density at radius 2 is 1.94 bits per heavy atom. The normalized spacial score (nSPS) is 18.6. The van der Waals surface area contributed by atoms with Gasteiger partial charge in [0.05, 0.1) is 13.2 Å². The van der Waals surface area contributed by atoms with E-state index in [2.05, 4.69) is 10.6 Å². The number of aliphatic hydroxyl groups is 2. The zero-order chi connectivity index (χ0) is 12.4. The Morgan fingerprint density at radius 1 is 1.38 bits per heavy atom. The third-order valence-electron chi connectivity index (χ3n) is 1.87. The maximum atomic E-state index is 10.4. The molecule has 0 saturated carbocycles. The summed E-state index contributed by atoms with van der Waals surface area (Å²) < 4.78 is 0. The third kappa shape index (κ3) is 7.16. The molecule has 0 spiro atoms. The number of hydrogen-bond donors (Lipinski definition) is 5. The Labute approximate surface area is 93.5 Å². The van der Waals surface area contributed by atoms with E-state index in [1.54, 1.807) is 0 Å². The van der Waals surface area contributed by atoms with Crippen molar-refractivity contribution in [2.45, 2.75) is 18.9 Å². The second-order valence-electron chi connectivity index (χ2n) is 3.19. The van der Waals surface area contributed by atoms with Gasteiger partial charge in [0.15, 0.2) is 0 Å². The number of rotatable bonds is 5. The van der Waals surface area contributed by atoms with Crippen molar-refractivity contribution in [2.24, 2.45) is 0 Å². The van der Waals surface area contributed by atoms with E-state index in [0.29, 0.717) is 25.9 Å². The first kappa shape index (κ1) is 14.8. The van der Waals surface area contributed by atoms with Gasteiger partial charge in [-0.3, -0.25) is 4.79 Å². The molecule has 0 aromatic rings. The van der Waals surface area contributed by atoms with Crippen molar-refractivity contribution in [2.75, 3.05) is 26.3 Å². The summed E-state index contributed by atoms with van der Waals surface area (Å²) in [5.74, 6) is -1.11. The largest absolute Gasteiger partial charge is 0.480 e. The Hall–Kier alpha value is -1.18. The fourth-order valence-corrected chi connectivity index (χ4v) is 1.08. The SMILES string of the molecule is O=C1CC[C@@H](C(=O)O)N1.OCCNCCO. The Bertz CT molecular complexity index is 218. The van der Waals surface area contributed by atoms with Gasteiger partial charge in [-0.1, -0.05) is 0 Å². The van der Waals surface area contributed by atoms with Gasteiger partial charge in [-0.05, 0) is 6.42 Å². The lowest BCUT2D eigenvalue weighted by Crippen LogP contribution is -2.32. The first-order chi connectivity index (χ1) is 7.61. The molecule has 16 heavy (non-hydrogen) atoms. The van der Waals surface area contributed by atoms with Crippen LogP contribution in [0.5, 0.6) is 0 Å². The van der Waals surface area contributed by atoms with Crippen LogP contribution in [-0.2, 0) is 9.59 Å². The summed E-state index contributed by atoms with van der Waals surface area (Å²) >= 11 is 0. The van der Waals surface area contributed by atoms with Gasteiger partial charge in [0, 0.05) is 19.5 Å². The molecule has 7 nitrogen and oxygen atoms in total. The van der Waals surface area contributed by atoms with Gasteiger partial charge < -0.3 is 26.0 Å². The molecule has 1 aliphatic heterocycles. The highest BCUT2D eigenvalue weighted by Gasteiger charge is 2.26. The number of aliphatic carboxylic acids is 1. The van der Waals surface area contributed by atoms with Crippen LogP contribution in [0.4, 0.5) is 0 Å². The molecule has 7 heteroatoms. The van der Waals surface area contributed by atoms with Crippen molar-refractivity contribution in [3.05, 3.63) is 0 Å². The average Bonchev–Trinajstić information content (AvgIpc) is 2.67. The second kappa shape index (κ2) is 9.08. The van der Waals surface area contributed by atoms with E-state index in [0.717, 1.165) is 0 Å². The van der Waals surface area contributed by atoms with Crippen LogP contribution in [0.3, 0.4) is 0 Å². The molecule has 94 valence electrons. The molecule has 1 atom stereocenters. The smallest absolute Gasteiger partial charge is 0.326 e. The summed E-state index contributed by atoms with van der Waals surface area (Å²) in [5.41, 5.74) is 0. The maximum Gasteiger partial charge on any atom is 0.326 e. The molecule has 0 aromatic carbocycles. The van der Waals surface area contributed by atoms with E-state index < -0.39 is 12.0 Å². The van der Waals surface area contributed by atoms with Gasteiger partial charge in [0.1, 0.15) is 6.04 Å². The number of carboxylic acid groups (broad SMARTS) is 1. The zero-order valence-corrected chi connectivity index (χ0v) is 8.98. The summed E-state index contributed by atoms with van der Waals surface area (Å²) in [5, 5.41) is 29.7. The van der Waals surface area contributed by atoms with Crippen LogP contribution in [0.2, 0.25) is 0 Å². The molecule has 1 aliphatic rings. The average molecular weight is 234 g/mol. The summed E-state index contributed by atoms with van der Waals surface area (Å²) in [6.07, 6.45) is 0.769. The fraction of sp³-hybridized carbons (Fsp3) is 0.778. The lowest BCUT2D eigenvalue weighted by atomic mass is 10.2. The number of carbonyl (C=O) groups excluding carboxylic acids is 1. The van der Waals surface area contributed by atoms with Crippen molar-refractivity contribution in [3.63, 3.8) is 0 Å². The van der Waals surface area contributed by atoms with Crippen LogP contribution >= 0.6 is 0 Å². The minimum Gasteiger partial charge on any atom is -0.480 e. The zero-order valence-electron chi connectivity index (χ0n) is 8.98. The number of carboxylic acids is 1.